The number of carbonyl (C=O) groups is 4. The first-order chi connectivity index (χ1) is 21.4. The Morgan fingerprint density at radius 1 is 0.386 bits per heavy atom. The molecule has 0 bridgehead atoms. The van der Waals surface area contributed by atoms with Gasteiger partial charge in [-0.2, -0.15) is 0 Å². The van der Waals surface area contributed by atoms with Crippen LogP contribution in [-0.4, -0.2) is 50.3 Å². The van der Waals surface area contributed by atoms with E-state index in [1.54, 1.807) is 48.5 Å². The van der Waals surface area contributed by atoms with Crippen LogP contribution < -0.4 is 0 Å². The van der Waals surface area contributed by atoms with E-state index in [1.807, 2.05) is 13.8 Å². The van der Waals surface area contributed by atoms with Gasteiger partial charge in [-0.25, -0.2) is 19.2 Å². The van der Waals surface area contributed by atoms with Crippen molar-refractivity contribution in [1.82, 2.24) is 0 Å². The molecule has 0 aliphatic heterocycles. The predicted octanol–water partition coefficient (Wildman–Crippen LogP) is 8.76. The van der Waals surface area contributed by atoms with Gasteiger partial charge in [-0.15, -0.1) is 0 Å². The Morgan fingerprint density at radius 3 is 0.886 bits per heavy atom. The minimum atomic E-state index is -0.471. The maximum Gasteiger partial charge on any atom is 0.339 e. The summed E-state index contributed by atoms with van der Waals surface area (Å²) in [5.41, 5.74) is 1.10. The lowest BCUT2D eigenvalue weighted by atomic mass is 10.1. The van der Waals surface area contributed by atoms with Gasteiger partial charge in [0, 0.05) is 0 Å². The molecule has 0 saturated carbocycles. The van der Waals surface area contributed by atoms with Crippen molar-refractivity contribution < 1.29 is 38.1 Å². The lowest BCUT2D eigenvalue weighted by molar-refractivity contribution is 0.0450. The largest absolute Gasteiger partial charge is 0.462 e. The molecule has 0 aliphatic rings. The fourth-order valence-corrected chi connectivity index (χ4v) is 4.00. The van der Waals surface area contributed by atoms with E-state index in [1.165, 1.54) is 0 Å². The van der Waals surface area contributed by atoms with Crippen LogP contribution in [-0.2, 0) is 18.9 Å². The molecule has 0 saturated heterocycles. The molecule has 0 radical (unpaired) electrons. The highest BCUT2D eigenvalue weighted by Gasteiger charge is 2.20. The predicted molar refractivity (Wildman–Crippen MR) is 172 cm³/mol. The summed E-state index contributed by atoms with van der Waals surface area (Å²) in [5, 5.41) is 0. The van der Waals surface area contributed by atoms with E-state index in [0.717, 1.165) is 77.0 Å². The molecule has 44 heavy (non-hydrogen) atoms. The van der Waals surface area contributed by atoms with Crippen LogP contribution >= 0.6 is 0 Å². The highest BCUT2D eigenvalue weighted by Crippen LogP contribution is 2.14. The molecule has 0 fully saturated rings. The van der Waals surface area contributed by atoms with E-state index in [9.17, 15) is 19.2 Å². The van der Waals surface area contributed by atoms with Gasteiger partial charge in [-0.1, -0.05) is 103 Å². The standard InChI is InChI=1S/C20H30O4.C16H22O4/c1-3-5-7-11-15-23-19(21)17-13-9-10-14-18(17)20(22)24-16-12-8-6-4-2;1-3-5-11-19-15(17)13-9-7-8-10-14(13)16(18)20-12-6-4-2/h9-10,13-14H,3-8,11-12,15-16H2,1-2H3;7-10H,3-6,11-12H2,1-2H3. The van der Waals surface area contributed by atoms with Crippen molar-refractivity contribution in [1.29, 1.82) is 0 Å². The number of esters is 4. The zero-order valence-corrected chi connectivity index (χ0v) is 27.2. The van der Waals surface area contributed by atoms with Crippen molar-refractivity contribution in [2.24, 2.45) is 0 Å². The minimum absolute atomic E-state index is 0.269. The Bertz CT molecular complexity index is 1020. The van der Waals surface area contributed by atoms with Crippen molar-refractivity contribution in [2.75, 3.05) is 26.4 Å². The average molecular weight is 613 g/mol. The van der Waals surface area contributed by atoms with E-state index in [4.69, 9.17) is 18.9 Å². The van der Waals surface area contributed by atoms with Crippen molar-refractivity contribution in [3.05, 3.63) is 70.8 Å². The van der Waals surface area contributed by atoms with Crippen LogP contribution in [0.5, 0.6) is 0 Å². The number of ether oxygens (including phenoxy) is 4. The molecule has 8 nitrogen and oxygen atoms in total. The second-order valence-corrected chi connectivity index (χ2v) is 10.5. The lowest BCUT2D eigenvalue weighted by Gasteiger charge is -2.10. The third-order valence-electron chi connectivity index (χ3n) is 6.66. The van der Waals surface area contributed by atoms with Crippen molar-refractivity contribution in [2.45, 2.75) is 105 Å². The van der Waals surface area contributed by atoms with Crippen molar-refractivity contribution >= 4 is 23.9 Å². The Balaban J connectivity index is 0.000000447. The fraction of sp³-hybridized carbons (Fsp3) is 0.556. The number of carbonyl (C=O) groups excluding carboxylic acids is 4. The molecule has 0 aromatic heterocycles. The summed E-state index contributed by atoms with van der Waals surface area (Å²) in [6.45, 7) is 9.83. The second-order valence-electron chi connectivity index (χ2n) is 10.5. The van der Waals surface area contributed by atoms with E-state index in [2.05, 4.69) is 13.8 Å². The van der Waals surface area contributed by atoms with Crippen LogP contribution in [0.3, 0.4) is 0 Å². The molecule has 2 rings (SSSR count). The molecule has 0 atom stereocenters. The van der Waals surface area contributed by atoms with Gasteiger partial charge < -0.3 is 18.9 Å². The molecule has 0 aliphatic carbocycles. The van der Waals surface area contributed by atoms with Gasteiger partial charge in [0.15, 0.2) is 0 Å². The van der Waals surface area contributed by atoms with E-state index >= 15 is 0 Å². The van der Waals surface area contributed by atoms with Crippen molar-refractivity contribution in [3.63, 3.8) is 0 Å². The molecule has 0 unspecified atom stereocenters. The SMILES string of the molecule is CCCCCCOC(=O)c1ccccc1C(=O)OCCCCCC.CCCCOC(=O)c1ccccc1C(=O)OCCCC. The zero-order chi connectivity index (χ0) is 32.4. The third kappa shape index (κ3) is 15.7. The molecule has 8 heteroatoms. The van der Waals surface area contributed by atoms with Crippen LogP contribution in [0.15, 0.2) is 48.5 Å². The lowest BCUT2D eigenvalue weighted by Crippen LogP contribution is -2.15. The third-order valence-corrected chi connectivity index (χ3v) is 6.66. The van der Waals surface area contributed by atoms with Gasteiger partial charge >= 0.3 is 23.9 Å². The molecule has 2 aromatic rings. The molecule has 2 aromatic carbocycles. The molecule has 0 heterocycles. The molecule has 244 valence electrons. The molecule has 0 N–H and O–H groups in total. The number of hydrogen-bond donors (Lipinski definition) is 0. The Hall–Kier alpha value is -3.68. The van der Waals surface area contributed by atoms with E-state index in [0.29, 0.717) is 26.4 Å². The smallest absolute Gasteiger partial charge is 0.339 e. The number of rotatable bonds is 20. The van der Waals surface area contributed by atoms with E-state index in [-0.39, 0.29) is 22.3 Å². The van der Waals surface area contributed by atoms with Gasteiger partial charge in [-0.3, -0.25) is 0 Å². The van der Waals surface area contributed by atoms with E-state index < -0.39 is 23.9 Å². The monoisotopic (exact) mass is 612 g/mol. The molecule has 0 amide bonds. The minimum Gasteiger partial charge on any atom is -0.462 e. The highest BCUT2D eigenvalue weighted by molar-refractivity contribution is 6.03. The maximum atomic E-state index is 12.2. The Morgan fingerprint density at radius 2 is 0.636 bits per heavy atom. The molecular formula is C36H52O8. The highest BCUT2D eigenvalue weighted by atomic mass is 16.5. The van der Waals surface area contributed by atoms with Crippen LogP contribution in [0.4, 0.5) is 0 Å². The van der Waals surface area contributed by atoms with Crippen molar-refractivity contribution in [3.8, 4) is 0 Å². The molecule has 0 spiro atoms. The van der Waals surface area contributed by atoms with Crippen LogP contribution in [0.1, 0.15) is 146 Å². The van der Waals surface area contributed by atoms with Crippen LogP contribution in [0.25, 0.3) is 0 Å². The summed E-state index contributed by atoms with van der Waals surface area (Å²) < 4.78 is 20.8. The zero-order valence-electron chi connectivity index (χ0n) is 27.2. The van der Waals surface area contributed by atoms with Gasteiger partial charge in [0.05, 0.1) is 48.7 Å². The van der Waals surface area contributed by atoms with Gasteiger partial charge in [0.1, 0.15) is 0 Å². The normalized spacial score (nSPS) is 10.3. The fourth-order valence-electron chi connectivity index (χ4n) is 4.00. The summed E-state index contributed by atoms with van der Waals surface area (Å²) in [6.07, 6.45) is 11.9. The van der Waals surface area contributed by atoms with Crippen LogP contribution in [0, 0.1) is 0 Å². The molecular weight excluding hydrogens is 560 g/mol. The topological polar surface area (TPSA) is 105 Å². The summed E-state index contributed by atoms with van der Waals surface area (Å²) in [6, 6.07) is 13.3. The second kappa shape index (κ2) is 24.7. The summed E-state index contributed by atoms with van der Waals surface area (Å²) in [4.78, 5) is 48.3. The summed E-state index contributed by atoms with van der Waals surface area (Å²) in [5.74, 6) is -1.85. The first-order valence-electron chi connectivity index (χ1n) is 16.3. The first kappa shape index (κ1) is 38.3. The number of hydrogen-bond acceptors (Lipinski definition) is 8. The van der Waals surface area contributed by atoms with Crippen LogP contribution in [0.2, 0.25) is 0 Å². The average Bonchev–Trinajstić information content (AvgIpc) is 3.04. The summed E-state index contributed by atoms with van der Waals surface area (Å²) in [7, 11) is 0. The van der Waals surface area contributed by atoms with Gasteiger partial charge in [0.2, 0.25) is 0 Å². The Labute approximate surface area is 263 Å². The maximum absolute atomic E-state index is 12.2. The van der Waals surface area contributed by atoms with Gasteiger partial charge in [0.25, 0.3) is 0 Å². The number of unbranched alkanes of at least 4 members (excludes halogenated alkanes) is 8. The summed E-state index contributed by atoms with van der Waals surface area (Å²) >= 11 is 0. The first-order valence-corrected chi connectivity index (χ1v) is 16.3. The Kier molecular flexibility index (Phi) is 21.6. The number of benzene rings is 2. The quantitative estimate of drug-likeness (QED) is 0.0830. The van der Waals surface area contributed by atoms with Gasteiger partial charge in [-0.05, 0) is 49.9 Å².